The average Bonchev–Trinajstić information content (AvgIpc) is 3.18. The first-order valence-corrected chi connectivity index (χ1v) is 9.58. The summed E-state index contributed by atoms with van der Waals surface area (Å²) in [5.41, 5.74) is 8.79. The molecule has 0 unspecified atom stereocenters. The van der Waals surface area contributed by atoms with Crippen LogP contribution in [0, 0.1) is 70.8 Å². The summed E-state index contributed by atoms with van der Waals surface area (Å²) in [6.07, 6.45) is 9.43. The molecular formula is C25H41OSm. The zero-order valence-electron chi connectivity index (χ0n) is 19.6. The van der Waals surface area contributed by atoms with Gasteiger partial charge in [-0.2, -0.15) is 22.3 Å². The van der Waals surface area contributed by atoms with E-state index in [9.17, 15) is 0 Å². The summed E-state index contributed by atoms with van der Waals surface area (Å²) < 4.78 is 4.94. The largest absolute Gasteiger partial charge is 3.00 e. The Labute approximate surface area is 202 Å². The van der Waals surface area contributed by atoms with Gasteiger partial charge in [0.1, 0.15) is 0 Å². The molecule has 0 N–H and O–H groups in total. The fraction of sp³-hybridized carbons (Fsp3) is 0.640. The summed E-state index contributed by atoms with van der Waals surface area (Å²) in [4.78, 5) is 0. The molecule has 0 amide bonds. The Balaban J connectivity index is 0. The molecule has 153 valence electrons. The minimum atomic E-state index is 0. The van der Waals surface area contributed by atoms with Crippen LogP contribution in [0.3, 0.4) is 0 Å². The summed E-state index contributed by atoms with van der Waals surface area (Å²) in [6, 6.07) is 0. The van der Waals surface area contributed by atoms with Crippen molar-refractivity contribution >= 4 is 0 Å². The normalized spacial score (nSPS) is 21.9. The summed E-state index contributed by atoms with van der Waals surface area (Å²) in [5, 5.41) is 0. The van der Waals surface area contributed by atoms with Crippen molar-refractivity contribution in [1.29, 1.82) is 0 Å². The Morgan fingerprint density at radius 1 is 0.667 bits per heavy atom. The van der Waals surface area contributed by atoms with Crippen LogP contribution in [0.25, 0.3) is 0 Å². The molecule has 0 saturated carbocycles. The van der Waals surface area contributed by atoms with Crippen LogP contribution >= 0.6 is 0 Å². The van der Waals surface area contributed by atoms with Crippen molar-refractivity contribution in [2.45, 2.75) is 82.1 Å². The van der Waals surface area contributed by atoms with E-state index in [0.717, 1.165) is 13.2 Å². The van der Waals surface area contributed by atoms with E-state index in [1.54, 1.807) is 0 Å². The summed E-state index contributed by atoms with van der Waals surface area (Å²) in [7, 11) is 0. The number of hydrogen-bond acceptors (Lipinski definition) is 1. The molecule has 0 aromatic rings. The van der Waals surface area contributed by atoms with Gasteiger partial charge in [0.25, 0.3) is 0 Å². The van der Waals surface area contributed by atoms with Gasteiger partial charge in [-0.1, -0.05) is 66.2 Å². The van der Waals surface area contributed by atoms with Gasteiger partial charge in [0, 0.05) is 13.2 Å². The topological polar surface area (TPSA) is 9.23 Å². The fourth-order valence-corrected chi connectivity index (χ4v) is 3.32. The van der Waals surface area contributed by atoms with Crippen LogP contribution in [0.4, 0.5) is 0 Å². The van der Waals surface area contributed by atoms with E-state index in [1.807, 2.05) is 0 Å². The molecule has 1 radical (unpaired) electrons. The van der Waals surface area contributed by atoms with Gasteiger partial charge >= 0.3 is 40.4 Å². The van der Waals surface area contributed by atoms with Crippen molar-refractivity contribution in [2.24, 2.45) is 10.8 Å². The molecule has 1 aliphatic heterocycles. The van der Waals surface area contributed by atoms with Crippen LogP contribution in [0.15, 0.2) is 33.4 Å². The van der Waals surface area contributed by atoms with E-state index in [0.29, 0.717) is 0 Å². The molecule has 1 nitrogen and oxygen atoms in total. The molecule has 2 heteroatoms. The Morgan fingerprint density at radius 3 is 1.04 bits per heavy atom. The molecule has 1 heterocycles. The Hall–Kier alpha value is 0.258. The zero-order chi connectivity index (χ0) is 19.4. The third kappa shape index (κ3) is 8.26. The summed E-state index contributed by atoms with van der Waals surface area (Å²) >= 11 is 0. The molecule has 0 atom stereocenters. The molecule has 1 fully saturated rings. The number of allylic oxidation sites excluding steroid dienone is 8. The van der Waals surface area contributed by atoms with E-state index >= 15 is 0 Å². The van der Waals surface area contributed by atoms with Crippen LogP contribution in [-0.4, -0.2) is 13.2 Å². The third-order valence-electron chi connectivity index (χ3n) is 5.95. The minimum Gasteiger partial charge on any atom is -0.381 e. The molecular weight excluding hydrogens is 467 g/mol. The predicted molar refractivity (Wildman–Crippen MR) is 116 cm³/mol. The van der Waals surface area contributed by atoms with Crippen LogP contribution in [0.2, 0.25) is 0 Å². The first-order valence-electron chi connectivity index (χ1n) is 9.58. The number of rotatable bonds is 0. The zero-order valence-corrected chi connectivity index (χ0v) is 22.3. The Bertz CT molecular complexity index is 551. The maximum atomic E-state index is 4.94. The molecule has 0 aromatic carbocycles. The minimum absolute atomic E-state index is 0. The van der Waals surface area contributed by atoms with Crippen molar-refractivity contribution in [2.75, 3.05) is 13.2 Å². The predicted octanol–water partition coefficient (Wildman–Crippen LogP) is 7.47. The van der Waals surface area contributed by atoms with Crippen LogP contribution < -0.4 is 0 Å². The van der Waals surface area contributed by atoms with Crippen molar-refractivity contribution in [3.05, 3.63) is 53.0 Å². The second-order valence-electron chi connectivity index (χ2n) is 8.57. The number of ether oxygens (including phenoxy) is 1. The van der Waals surface area contributed by atoms with Gasteiger partial charge in [0.2, 0.25) is 0 Å². The summed E-state index contributed by atoms with van der Waals surface area (Å²) in [6.45, 7) is 23.8. The quantitative estimate of drug-likeness (QED) is 0.309. The van der Waals surface area contributed by atoms with E-state index < -0.39 is 0 Å². The van der Waals surface area contributed by atoms with Crippen LogP contribution in [0.5, 0.6) is 0 Å². The second kappa shape index (κ2) is 12.1. The van der Waals surface area contributed by atoms with Gasteiger partial charge in [-0.25, -0.2) is 11.1 Å². The van der Waals surface area contributed by atoms with Gasteiger partial charge in [0.15, 0.2) is 0 Å². The van der Waals surface area contributed by atoms with Crippen LogP contribution in [-0.2, 0) is 4.74 Å². The van der Waals surface area contributed by atoms with E-state index in [2.05, 4.69) is 81.4 Å². The second-order valence-corrected chi connectivity index (χ2v) is 8.57. The Kier molecular flexibility index (Phi) is 13.2. The SMILES string of the molecule is C1CCOC1.CC1=[C-]C(C)(C)C(C)=C1C.CC1=[C-]C(C)(C)C(C)=C1C.[CH3-].[Sm+3]. The van der Waals surface area contributed by atoms with Crippen molar-refractivity contribution in [1.82, 2.24) is 0 Å². The van der Waals surface area contributed by atoms with Gasteiger partial charge < -0.3 is 12.2 Å². The molecule has 0 bridgehead atoms. The van der Waals surface area contributed by atoms with Crippen molar-refractivity contribution in [3.8, 4) is 0 Å². The van der Waals surface area contributed by atoms with Gasteiger partial charge in [0.05, 0.1) is 0 Å². The maximum Gasteiger partial charge on any atom is 3.00 e. The first kappa shape index (κ1) is 29.5. The van der Waals surface area contributed by atoms with E-state index in [-0.39, 0.29) is 58.6 Å². The smallest absolute Gasteiger partial charge is 0.381 e. The standard InChI is InChI=1S/2C10H15.C4H8O.CH3.Sm/c2*1-7-6-10(4,5)9(3)8(7)2;1-2-4-5-3-1;;/h2*1-5H3;1-4H2;1H3;/q2*-1;;-1;+3. The molecule has 0 spiro atoms. The van der Waals surface area contributed by atoms with Crippen LogP contribution in [0.1, 0.15) is 82.1 Å². The maximum absolute atomic E-state index is 4.94. The Morgan fingerprint density at radius 2 is 0.963 bits per heavy atom. The number of hydrogen-bond donors (Lipinski definition) is 0. The fourth-order valence-electron chi connectivity index (χ4n) is 3.32. The molecule has 3 aliphatic rings. The van der Waals surface area contributed by atoms with Gasteiger partial charge in [-0.15, -0.1) is 13.8 Å². The van der Waals surface area contributed by atoms with E-state index in [4.69, 9.17) is 4.74 Å². The van der Waals surface area contributed by atoms with Gasteiger partial charge in [-0.05, 0) is 12.8 Å². The van der Waals surface area contributed by atoms with Crippen molar-refractivity contribution < 1.29 is 45.1 Å². The molecule has 2 aliphatic carbocycles. The van der Waals surface area contributed by atoms with Crippen molar-refractivity contribution in [3.63, 3.8) is 0 Å². The average molecular weight is 508 g/mol. The molecule has 0 aromatic heterocycles. The third-order valence-corrected chi connectivity index (χ3v) is 5.95. The molecule has 27 heavy (non-hydrogen) atoms. The van der Waals surface area contributed by atoms with Gasteiger partial charge in [-0.3, -0.25) is 12.2 Å². The summed E-state index contributed by atoms with van der Waals surface area (Å²) in [5.74, 6) is 0. The monoisotopic (exact) mass is 509 g/mol. The first-order chi connectivity index (χ1) is 11.4. The molecule has 1 saturated heterocycles. The molecule has 3 rings (SSSR count). The van der Waals surface area contributed by atoms with E-state index in [1.165, 1.54) is 46.3 Å².